The molecule has 48 heavy (non-hydrogen) atoms. The molecule has 5 saturated carbocycles. The number of carbonyl (C=O) groups is 3. The van der Waals surface area contributed by atoms with E-state index in [0.29, 0.717) is 36.0 Å². The van der Waals surface area contributed by atoms with Gasteiger partial charge in [0.25, 0.3) is 0 Å². The number of hydrogen-bond acceptors (Lipinski definition) is 6. The first-order valence-corrected chi connectivity index (χ1v) is 18.8. The predicted octanol–water partition coefficient (Wildman–Crippen LogP) is 6.92. The largest absolute Gasteiger partial charge is 0.481 e. The normalized spacial score (nSPS) is 42.3. The third-order valence-corrected chi connectivity index (χ3v) is 15.9. The molecule has 0 aliphatic heterocycles. The molecule has 0 aromatic carbocycles. The molecule has 0 spiro atoms. The summed E-state index contributed by atoms with van der Waals surface area (Å²) in [6.45, 7) is 21.8. The molecule has 0 aromatic heterocycles. The van der Waals surface area contributed by atoms with Crippen molar-refractivity contribution in [3.05, 3.63) is 12.2 Å². The Morgan fingerprint density at radius 1 is 0.917 bits per heavy atom. The fourth-order valence-corrected chi connectivity index (χ4v) is 13.1. The van der Waals surface area contributed by atoms with Gasteiger partial charge in [-0.1, -0.05) is 46.8 Å². The van der Waals surface area contributed by atoms with Crippen molar-refractivity contribution in [2.45, 2.75) is 145 Å². The van der Waals surface area contributed by atoms with E-state index in [2.05, 4.69) is 53.4 Å². The highest BCUT2D eigenvalue weighted by Gasteiger charge is 2.71. The summed E-state index contributed by atoms with van der Waals surface area (Å²) in [4.78, 5) is 38.1. The van der Waals surface area contributed by atoms with Gasteiger partial charge in [-0.05, 0) is 136 Å². The first kappa shape index (κ1) is 37.3. The maximum atomic E-state index is 13.3. The Balaban J connectivity index is 1.39. The van der Waals surface area contributed by atoms with Gasteiger partial charge in [0.15, 0.2) is 0 Å². The first-order valence-electron chi connectivity index (χ1n) is 18.8. The summed E-state index contributed by atoms with van der Waals surface area (Å²) in [5, 5.41) is 31.6. The average molecular weight is 672 g/mol. The number of aliphatic hydroxyl groups excluding tert-OH is 2. The van der Waals surface area contributed by atoms with Crippen molar-refractivity contribution in [3.63, 3.8) is 0 Å². The number of aliphatic hydroxyl groups is 2. The summed E-state index contributed by atoms with van der Waals surface area (Å²) < 4.78 is 6.15. The smallest absolute Gasteiger partial charge is 0.309 e. The van der Waals surface area contributed by atoms with E-state index in [1.54, 1.807) is 13.8 Å². The molecule has 0 aromatic rings. The third-order valence-electron chi connectivity index (χ3n) is 15.9. The van der Waals surface area contributed by atoms with Crippen molar-refractivity contribution >= 4 is 17.8 Å². The summed E-state index contributed by atoms with van der Waals surface area (Å²) in [6.07, 6.45) is 9.80. The van der Waals surface area contributed by atoms with Gasteiger partial charge in [-0.3, -0.25) is 14.4 Å². The van der Waals surface area contributed by atoms with Crippen LogP contribution in [0.5, 0.6) is 0 Å². The quantitative estimate of drug-likeness (QED) is 0.146. The van der Waals surface area contributed by atoms with E-state index in [4.69, 9.17) is 4.74 Å². The van der Waals surface area contributed by atoms with Gasteiger partial charge in [0.05, 0.1) is 24.5 Å². The highest BCUT2D eigenvalue weighted by Crippen LogP contribution is 2.78. The van der Waals surface area contributed by atoms with Crippen LogP contribution in [-0.4, -0.2) is 58.5 Å². The fourth-order valence-electron chi connectivity index (χ4n) is 13.1. The number of nitrogens with one attached hydrogen (secondary N) is 1. The van der Waals surface area contributed by atoms with E-state index < -0.39 is 23.5 Å². The molecule has 5 fully saturated rings. The van der Waals surface area contributed by atoms with Gasteiger partial charge < -0.3 is 25.4 Å². The fraction of sp³-hybridized carbons (Fsp3) is 0.875. The Kier molecular flexibility index (Phi) is 9.86. The van der Waals surface area contributed by atoms with Gasteiger partial charge in [-0.2, -0.15) is 0 Å². The number of allylic oxidation sites excluding steroid dienone is 1. The van der Waals surface area contributed by atoms with E-state index in [1.807, 2.05) is 0 Å². The maximum Gasteiger partial charge on any atom is 0.309 e. The average Bonchev–Trinajstić information content (AvgIpc) is 3.37. The van der Waals surface area contributed by atoms with E-state index in [-0.39, 0.29) is 58.7 Å². The SMILES string of the molecule is C=C(C)[C@@H]1CC[C@]2(CC(=O)NCC(O)CO)CC[C@]3(C)[C@H](CC[C@@H]4[C@@]5(C)CC[C@H](OC(=O)CC(C)(C)C(=O)O)C(C)(C)[C@@H]5CC[C@]43C)[C@@H]12. The van der Waals surface area contributed by atoms with Gasteiger partial charge in [-0.15, -0.1) is 0 Å². The second-order valence-electron chi connectivity index (χ2n) is 19.1. The van der Waals surface area contributed by atoms with Crippen molar-refractivity contribution in [1.82, 2.24) is 5.32 Å². The van der Waals surface area contributed by atoms with Crippen molar-refractivity contribution in [2.24, 2.45) is 62.1 Å². The lowest BCUT2D eigenvalue weighted by Crippen LogP contribution is -2.67. The molecule has 0 bridgehead atoms. The molecule has 5 aliphatic carbocycles. The first-order chi connectivity index (χ1) is 22.2. The molecular weight excluding hydrogens is 606 g/mol. The third kappa shape index (κ3) is 5.86. The molecule has 5 rings (SSSR count). The molecule has 8 heteroatoms. The molecule has 11 atom stereocenters. The highest BCUT2D eigenvalue weighted by atomic mass is 16.5. The molecule has 0 heterocycles. The maximum absolute atomic E-state index is 13.3. The predicted molar refractivity (Wildman–Crippen MR) is 186 cm³/mol. The van der Waals surface area contributed by atoms with Crippen molar-refractivity contribution in [3.8, 4) is 0 Å². The minimum atomic E-state index is -1.16. The molecular formula is C40H65NO7. The van der Waals surface area contributed by atoms with E-state index in [0.717, 1.165) is 57.8 Å². The highest BCUT2D eigenvalue weighted by molar-refractivity contribution is 5.81. The zero-order valence-corrected chi connectivity index (χ0v) is 31.1. The molecule has 1 amide bonds. The number of carboxylic acid groups (broad SMARTS) is 1. The number of carbonyl (C=O) groups excluding carboxylic acids is 2. The van der Waals surface area contributed by atoms with Crippen LogP contribution in [-0.2, 0) is 19.1 Å². The Hall–Kier alpha value is -1.93. The van der Waals surface area contributed by atoms with Gasteiger partial charge in [0.1, 0.15) is 6.10 Å². The lowest BCUT2D eigenvalue weighted by atomic mass is 9.32. The second-order valence-corrected chi connectivity index (χ2v) is 19.1. The van der Waals surface area contributed by atoms with Crippen LogP contribution < -0.4 is 5.32 Å². The topological polar surface area (TPSA) is 133 Å². The molecule has 5 aliphatic rings. The molecule has 0 radical (unpaired) electrons. The van der Waals surface area contributed by atoms with Gasteiger partial charge >= 0.3 is 11.9 Å². The Morgan fingerprint density at radius 2 is 1.60 bits per heavy atom. The molecule has 1 unspecified atom stereocenters. The van der Waals surface area contributed by atoms with Crippen LogP contribution in [0, 0.1) is 62.1 Å². The van der Waals surface area contributed by atoms with Crippen LogP contribution in [0.4, 0.5) is 0 Å². The van der Waals surface area contributed by atoms with Gasteiger partial charge in [0.2, 0.25) is 5.91 Å². The number of ether oxygens (including phenoxy) is 1. The molecule has 4 N–H and O–H groups in total. The lowest BCUT2D eigenvalue weighted by molar-refractivity contribution is -0.250. The minimum Gasteiger partial charge on any atom is -0.481 e. The zero-order valence-electron chi connectivity index (χ0n) is 31.1. The monoisotopic (exact) mass is 671 g/mol. The Morgan fingerprint density at radius 3 is 2.23 bits per heavy atom. The summed E-state index contributed by atoms with van der Waals surface area (Å²) in [6, 6.07) is 0. The van der Waals surface area contributed by atoms with E-state index in [1.165, 1.54) is 12.0 Å². The van der Waals surface area contributed by atoms with Crippen LogP contribution in [0.25, 0.3) is 0 Å². The standard InChI is InChI=1S/C40H65NO7/c1-24(2)26-12-17-40(20-31(44)41-22-25(43)23-42)19-18-38(8)27(33(26)40)10-11-29-37(7)15-14-30(48-32(45)21-35(3,4)34(46)47)36(5,6)28(37)13-16-39(29,38)9/h25-30,33,42-43H,1,10-23H2,2-9H3,(H,41,44)(H,46,47)/t25?,26-,27+,28-,29+,30-,33+,37-,38+,39+,40+/m0/s1. The van der Waals surface area contributed by atoms with E-state index in [9.17, 15) is 29.7 Å². The van der Waals surface area contributed by atoms with Crippen molar-refractivity contribution in [2.75, 3.05) is 13.2 Å². The summed E-state index contributed by atoms with van der Waals surface area (Å²) >= 11 is 0. The second kappa shape index (κ2) is 12.7. The lowest BCUT2D eigenvalue weighted by Gasteiger charge is -2.73. The van der Waals surface area contributed by atoms with Crippen molar-refractivity contribution in [1.29, 1.82) is 0 Å². The summed E-state index contributed by atoms with van der Waals surface area (Å²) in [5.41, 5.74) is 0.196. The van der Waals surface area contributed by atoms with Crippen LogP contribution in [0.3, 0.4) is 0 Å². The number of esters is 1. The summed E-state index contributed by atoms with van der Waals surface area (Å²) in [7, 11) is 0. The molecule has 272 valence electrons. The number of carboxylic acids is 1. The van der Waals surface area contributed by atoms with Crippen LogP contribution in [0.2, 0.25) is 0 Å². The molecule has 8 nitrogen and oxygen atoms in total. The van der Waals surface area contributed by atoms with Crippen LogP contribution in [0.1, 0.15) is 132 Å². The number of hydrogen-bond donors (Lipinski definition) is 4. The number of amides is 1. The van der Waals surface area contributed by atoms with Gasteiger partial charge in [-0.25, -0.2) is 0 Å². The summed E-state index contributed by atoms with van der Waals surface area (Å²) in [5.74, 6) is 0.863. The van der Waals surface area contributed by atoms with E-state index >= 15 is 0 Å². The Bertz CT molecular complexity index is 1290. The van der Waals surface area contributed by atoms with Crippen LogP contribution in [0.15, 0.2) is 12.2 Å². The van der Waals surface area contributed by atoms with Crippen molar-refractivity contribution < 1.29 is 34.4 Å². The zero-order chi connectivity index (χ0) is 35.7. The Labute approximate surface area is 289 Å². The van der Waals surface area contributed by atoms with Crippen LogP contribution >= 0.6 is 0 Å². The molecule has 0 saturated heterocycles. The van der Waals surface area contributed by atoms with Gasteiger partial charge in [0, 0.05) is 18.4 Å². The number of fused-ring (bicyclic) bond motifs is 7. The number of rotatable bonds is 10. The minimum absolute atomic E-state index is 0.0161. The number of aliphatic carboxylic acids is 1.